The van der Waals surface area contributed by atoms with Crippen molar-refractivity contribution in [3.05, 3.63) is 27.4 Å². The van der Waals surface area contributed by atoms with Crippen LogP contribution in [-0.2, 0) is 0 Å². The van der Waals surface area contributed by atoms with Crippen LogP contribution < -0.4 is 10.2 Å². The third-order valence-electron chi connectivity index (χ3n) is 3.73. The molecular weight excluding hydrogens is 256 g/mol. The van der Waals surface area contributed by atoms with Gasteiger partial charge in [0.25, 0.3) is 0 Å². The number of hydrogen-bond acceptors (Lipinski definition) is 5. The van der Waals surface area contributed by atoms with E-state index in [9.17, 15) is 10.1 Å². The standard InChI is InChI=1S/C11H13ClN4O2/c12-8-3-9(16(17)18)11(14-5-8)15-2-1-7-4-13-6-10(7)15/h3,5,7,10,13H,1-2,4,6H2/t7-,10+/m0/s1. The predicted molar refractivity (Wildman–Crippen MR) is 68.0 cm³/mol. The fourth-order valence-electron chi connectivity index (χ4n) is 2.89. The Labute approximate surface area is 109 Å². The van der Waals surface area contributed by atoms with Gasteiger partial charge in [-0.15, -0.1) is 0 Å². The molecule has 7 heteroatoms. The molecule has 0 unspecified atom stereocenters. The first-order valence-corrected chi connectivity index (χ1v) is 6.32. The normalized spacial score (nSPS) is 26.4. The van der Waals surface area contributed by atoms with Gasteiger partial charge in [0.2, 0.25) is 5.82 Å². The molecule has 2 aliphatic rings. The van der Waals surface area contributed by atoms with Crippen molar-refractivity contribution in [2.24, 2.45) is 5.92 Å². The van der Waals surface area contributed by atoms with Crippen LogP contribution in [0.2, 0.25) is 5.02 Å². The molecular formula is C11H13ClN4O2. The second-order valence-electron chi connectivity index (χ2n) is 4.72. The van der Waals surface area contributed by atoms with Crippen LogP contribution in [0.5, 0.6) is 0 Å². The largest absolute Gasteiger partial charge is 0.346 e. The Bertz CT molecular complexity index is 496. The monoisotopic (exact) mass is 268 g/mol. The Morgan fingerprint density at radius 1 is 1.56 bits per heavy atom. The molecule has 18 heavy (non-hydrogen) atoms. The van der Waals surface area contributed by atoms with Gasteiger partial charge in [-0.05, 0) is 12.3 Å². The minimum atomic E-state index is -0.413. The molecule has 2 atom stereocenters. The molecule has 1 aromatic rings. The van der Waals surface area contributed by atoms with E-state index in [1.807, 2.05) is 4.90 Å². The Morgan fingerprint density at radius 2 is 2.39 bits per heavy atom. The number of nitrogens with zero attached hydrogens (tertiary/aromatic N) is 3. The lowest BCUT2D eigenvalue weighted by atomic mass is 10.1. The van der Waals surface area contributed by atoms with Gasteiger partial charge in [0.05, 0.1) is 9.95 Å². The van der Waals surface area contributed by atoms with Crippen LogP contribution in [0.1, 0.15) is 6.42 Å². The molecule has 2 fully saturated rings. The van der Waals surface area contributed by atoms with E-state index in [0.29, 0.717) is 22.8 Å². The van der Waals surface area contributed by atoms with Crippen LogP contribution in [0, 0.1) is 16.0 Å². The first-order chi connectivity index (χ1) is 8.66. The summed E-state index contributed by atoms with van der Waals surface area (Å²) in [4.78, 5) is 16.9. The van der Waals surface area contributed by atoms with Gasteiger partial charge in [-0.1, -0.05) is 11.6 Å². The minimum absolute atomic E-state index is 0.00458. The molecule has 2 aliphatic heterocycles. The molecule has 3 heterocycles. The summed E-state index contributed by atoms with van der Waals surface area (Å²) < 4.78 is 0. The lowest BCUT2D eigenvalue weighted by Gasteiger charge is -2.23. The van der Waals surface area contributed by atoms with Crippen molar-refractivity contribution in [3.63, 3.8) is 0 Å². The fourth-order valence-corrected chi connectivity index (χ4v) is 3.04. The minimum Gasteiger partial charge on any atom is -0.346 e. The van der Waals surface area contributed by atoms with Crippen LogP contribution in [0.15, 0.2) is 12.3 Å². The average Bonchev–Trinajstić information content (AvgIpc) is 2.91. The van der Waals surface area contributed by atoms with E-state index in [4.69, 9.17) is 11.6 Å². The molecule has 96 valence electrons. The third-order valence-corrected chi connectivity index (χ3v) is 3.93. The molecule has 1 aromatic heterocycles. The van der Waals surface area contributed by atoms with E-state index in [-0.39, 0.29) is 5.69 Å². The van der Waals surface area contributed by atoms with E-state index in [2.05, 4.69) is 10.3 Å². The topological polar surface area (TPSA) is 71.3 Å². The summed E-state index contributed by atoms with van der Waals surface area (Å²) in [5.74, 6) is 1.02. The van der Waals surface area contributed by atoms with Crippen molar-refractivity contribution in [1.29, 1.82) is 0 Å². The fraction of sp³-hybridized carbons (Fsp3) is 0.545. The first kappa shape index (κ1) is 11.7. The number of pyridine rings is 1. The highest BCUT2D eigenvalue weighted by atomic mass is 35.5. The maximum Gasteiger partial charge on any atom is 0.313 e. The van der Waals surface area contributed by atoms with Gasteiger partial charge in [0, 0.05) is 37.9 Å². The van der Waals surface area contributed by atoms with Crippen LogP contribution >= 0.6 is 11.6 Å². The highest BCUT2D eigenvalue weighted by molar-refractivity contribution is 6.30. The van der Waals surface area contributed by atoms with Crippen molar-refractivity contribution in [3.8, 4) is 0 Å². The number of nitro groups is 1. The summed E-state index contributed by atoms with van der Waals surface area (Å²) in [6.07, 6.45) is 2.53. The molecule has 0 saturated carbocycles. The van der Waals surface area contributed by atoms with Crippen molar-refractivity contribution in [1.82, 2.24) is 10.3 Å². The first-order valence-electron chi connectivity index (χ1n) is 5.94. The zero-order valence-corrected chi connectivity index (χ0v) is 10.4. The second kappa shape index (κ2) is 4.37. The van der Waals surface area contributed by atoms with Gasteiger partial charge in [0.1, 0.15) is 0 Å². The number of aromatic nitrogens is 1. The third kappa shape index (κ3) is 1.81. The lowest BCUT2D eigenvalue weighted by Crippen LogP contribution is -2.35. The van der Waals surface area contributed by atoms with Gasteiger partial charge in [-0.3, -0.25) is 10.1 Å². The number of halogens is 1. The zero-order chi connectivity index (χ0) is 12.7. The highest BCUT2D eigenvalue weighted by Crippen LogP contribution is 2.36. The SMILES string of the molecule is O=[N+]([O-])c1cc(Cl)cnc1N1CC[C@H]2CNC[C@H]21. The number of fused-ring (bicyclic) bond motifs is 1. The highest BCUT2D eigenvalue weighted by Gasteiger charge is 2.40. The van der Waals surface area contributed by atoms with Crippen LogP contribution in [0.3, 0.4) is 0 Å². The van der Waals surface area contributed by atoms with E-state index in [0.717, 1.165) is 26.1 Å². The molecule has 0 spiro atoms. The van der Waals surface area contributed by atoms with Gasteiger partial charge in [-0.2, -0.15) is 0 Å². The Kier molecular flexibility index (Phi) is 2.83. The average molecular weight is 269 g/mol. The summed E-state index contributed by atoms with van der Waals surface area (Å²) in [7, 11) is 0. The van der Waals surface area contributed by atoms with Gasteiger partial charge < -0.3 is 10.2 Å². The molecule has 0 amide bonds. The molecule has 3 rings (SSSR count). The van der Waals surface area contributed by atoms with Crippen LogP contribution in [-0.4, -0.2) is 35.6 Å². The smallest absolute Gasteiger partial charge is 0.313 e. The predicted octanol–water partition coefficient (Wildman–Crippen LogP) is 1.44. The van der Waals surface area contributed by atoms with Crippen molar-refractivity contribution in [2.75, 3.05) is 24.5 Å². The molecule has 0 aromatic carbocycles. The number of hydrogen-bond donors (Lipinski definition) is 1. The van der Waals surface area contributed by atoms with Crippen molar-refractivity contribution < 1.29 is 4.92 Å². The maximum absolute atomic E-state index is 11.1. The van der Waals surface area contributed by atoms with Crippen molar-refractivity contribution in [2.45, 2.75) is 12.5 Å². The second-order valence-corrected chi connectivity index (χ2v) is 5.16. The van der Waals surface area contributed by atoms with Gasteiger partial charge in [0.15, 0.2) is 0 Å². The van der Waals surface area contributed by atoms with Crippen LogP contribution in [0.25, 0.3) is 0 Å². The summed E-state index contributed by atoms with van der Waals surface area (Å²) in [5.41, 5.74) is -0.00458. The quantitative estimate of drug-likeness (QED) is 0.649. The summed E-state index contributed by atoms with van der Waals surface area (Å²) in [5, 5.41) is 14.7. The Hall–Kier alpha value is -1.40. The summed E-state index contributed by atoms with van der Waals surface area (Å²) >= 11 is 5.78. The zero-order valence-electron chi connectivity index (χ0n) is 9.67. The van der Waals surface area contributed by atoms with Crippen molar-refractivity contribution >= 4 is 23.1 Å². The van der Waals surface area contributed by atoms with Gasteiger partial charge >= 0.3 is 5.69 Å². The van der Waals surface area contributed by atoms with Gasteiger partial charge in [-0.25, -0.2) is 4.98 Å². The number of rotatable bonds is 2. The molecule has 1 N–H and O–H groups in total. The number of nitrogens with one attached hydrogen (secondary N) is 1. The van der Waals surface area contributed by atoms with Crippen LogP contribution in [0.4, 0.5) is 11.5 Å². The Balaban J connectivity index is 1.99. The van der Waals surface area contributed by atoms with E-state index in [1.54, 1.807) is 0 Å². The maximum atomic E-state index is 11.1. The molecule has 2 saturated heterocycles. The number of anilines is 1. The summed E-state index contributed by atoms with van der Waals surface area (Å²) in [6.45, 7) is 2.68. The molecule has 0 radical (unpaired) electrons. The molecule has 6 nitrogen and oxygen atoms in total. The van der Waals surface area contributed by atoms with E-state index >= 15 is 0 Å². The molecule has 0 aliphatic carbocycles. The van der Waals surface area contributed by atoms with E-state index < -0.39 is 4.92 Å². The van der Waals surface area contributed by atoms with E-state index in [1.165, 1.54) is 12.3 Å². The molecule has 0 bridgehead atoms. The summed E-state index contributed by atoms with van der Waals surface area (Å²) in [6, 6.07) is 1.69. The lowest BCUT2D eigenvalue weighted by molar-refractivity contribution is -0.384. The Morgan fingerprint density at radius 3 is 3.17 bits per heavy atom.